The Balaban J connectivity index is 1.50. The van der Waals surface area contributed by atoms with E-state index < -0.39 is 0 Å². The first-order valence-corrected chi connectivity index (χ1v) is 11.3. The quantitative estimate of drug-likeness (QED) is 0.393. The molecule has 0 aliphatic rings. The van der Waals surface area contributed by atoms with Gasteiger partial charge in [-0.25, -0.2) is 0 Å². The maximum Gasteiger partial charge on any atom is 0.0237 e. The third kappa shape index (κ3) is 9.03. The Labute approximate surface area is 187 Å². The molecule has 0 aromatic heterocycles. The molecule has 4 nitrogen and oxygen atoms in total. The molecule has 31 heavy (non-hydrogen) atoms. The topological polar surface area (TPSA) is 44.5 Å². The van der Waals surface area contributed by atoms with E-state index in [2.05, 4.69) is 106 Å². The second-order valence-electron chi connectivity index (χ2n) is 7.97. The van der Waals surface area contributed by atoms with Crippen LogP contribution in [0.5, 0.6) is 0 Å². The Morgan fingerprint density at radius 2 is 1.03 bits per heavy atom. The molecule has 0 aliphatic carbocycles. The summed E-state index contributed by atoms with van der Waals surface area (Å²) in [6, 6.07) is 32.0. The molecule has 0 saturated heterocycles. The van der Waals surface area contributed by atoms with Crippen molar-refractivity contribution in [2.45, 2.75) is 19.6 Å². The van der Waals surface area contributed by atoms with E-state index in [0.29, 0.717) is 6.54 Å². The summed E-state index contributed by atoms with van der Waals surface area (Å²) in [5.74, 6) is 0. The van der Waals surface area contributed by atoms with Crippen LogP contribution in [0, 0.1) is 0 Å². The van der Waals surface area contributed by atoms with Crippen LogP contribution in [0.25, 0.3) is 0 Å². The number of nitrogens with two attached hydrogens (primary N) is 1. The molecule has 0 radical (unpaired) electrons. The molecule has 3 aromatic carbocycles. The second-order valence-corrected chi connectivity index (χ2v) is 7.97. The summed E-state index contributed by atoms with van der Waals surface area (Å²) in [7, 11) is 0. The maximum atomic E-state index is 5.90. The lowest BCUT2D eigenvalue weighted by atomic mass is 10.1. The van der Waals surface area contributed by atoms with Crippen molar-refractivity contribution < 1.29 is 0 Å². The van der Waals surface area contributed by atoms with Gasteiger partial charge >= 0.3 is 0 Å². The van der Waals surface area contributed by atoms with Gasteiger partial charge in [-0.05, 0) is 16.7 Å². The molecular weight excluding hydrogens is 380 g/mol. The molecular formula is C27H36N4. The zero-order valence-electron chi connectivity index (χ0n) is 18.5. The Morgan fingerprint density at radius 3 is 1.55 bits per heavy atom. The van der Waals surface area contributed by atoms with Crippen LogP contribution in [0.3, 0.4) is 0 Å². The number of rotatable bonds is 14. The Kier molecular flexibility index (Phi) is 10.3. The fourth-order valence-corrected chi connectivity index (χ4v) is 3.76. The number of nitrogens with zero attached hydrogens (tertiary/aromatic N) is 2. The molecule has 0 fully saturated rings. The lowest BCUT2D eigenvalue weighted by molar-refractivity contribution is 0.195. The van der Waals surface area contributed by atoms with Crippen molar-refractivity contribution in [1.29, 1.82) is 0 Å². The van der Waals surface area contributed by atoms with Crippen LogP contribution in [-0.4, -0.2) is 49.1 Å². The fraction of sp³-hybridized carbons (Fsp3) is 0.333. The summed E-state index contributed by atoms with van der Waals surface area (Å²) in [4.78, 5) is 5.01. The standard InChI is InChI=1S/C27H36N4/c28-16-18-30(19-17-29-22-25-10-4-1-5-11-25)20-21-31(23-26-12-6-2-7-13-26)24-27-14-8-3-9-15-27/h1-15,29H,16-24,28H2. The molecule has 0 heterocycles. The smallest absolute Gasteiger partial charge is 0.0237 e. The van der Waals surface area contributed by atoms with Gasteiger partial charge in [0, 0.05) is 58.9 Å². The lowest BCUT2D eigenvalue weighted by Crippen LogP contribution is -2.40. The highest BCUT2D eigenvalue weighted by molar-refractivity contribution is 5.17. The minimum Gasteiger partial charge on any atom is -0.329 e. The van der Waals surface area contributed by atoms with E-state index in [-0.39, 0.29) is 0 Å². The van der Waals surface area contributed by atoms with Crippen molar-refractivity contribution in [1.82, 2.24) is 15.1 Å². The number of benzene rings is 3. The van der Waals surface area contributed by atoms with E-state index in [1.807, 2.05) is 0 Å². The summed E-state index contributed by atoms with van der Waals surface area (Å²) in [6.45, 7) is 8.45. The third-order valence-corrected chi connectivity index (χ3v) is 5.45. The van der Waals surface area contributed by atoms with Crippen molar-refractivity contribution in [3.05, 3.63) is 108 Å². The number of hydrogen-bond acceptors (Lipinski definition) is 4. The van der Waals surface area contributed by atoms with Crippen LogP contribution < -0.4 is 11.1 Å². The molecule has 164 valence electrons. The van der Waals surface area contributed by atoms with Gasteiger partial charge in [-0.1, -0.05) is 91.0 Å². The number of hydrogen-bond donors (Lipinski definition) is 2. The SMILES string of the molecule is NCCN(CCNCc1ccccc1)CCN(Cc1ccccc1)Cc1ccccc1. The van der Waals surface area contributed by atoms with E-state index >= 15 is 0 Å². The van der Waals surface area contributed by atoms with E-state index in [0.717, 1.165) is 52.4 Å². The van der Waals surface area contributed by atoms with Crippen LogP contribution in [0.15, 0.2) is 91.0 Å². The fourth-order valence-electron chi connectivity index (χ4n) is 3.76. The first kappa shape index (κ1) is 23.2. The minimum absolute atomic E-state index is 0.691. The molecule has 0 amide bonds. The van der Waals surface area contributed by atoms with Crippen molar-refractivity contribution in [3.63, 3.8) is 0 Å². The summed E-state index contributed by atoms with van der Waals surface area (Å²) >= 11 is 0. The third-order valence-electron chi connectivity index (χ3n) is 5.45. The van der Waals surface area contributed by atoms with Gasteiger partial charge in [0.15, 0.2) is 0 Å². The molecule has 4 heteroatoms. The molecule has 0 unspecified atom stereocenters. The van der Waals surface area contributed by atoms with Gasteiger partial charge in [-0.3, -0.25) is 9.80 Å². The Morgan fingerprint density at radius 1 is 0.548 bits per heavy atom. The average molecular weight is 417 g/mol. The van der Waals surface area contributed by atoms with Crippen molar-refractivity contribution in [2.24, 2.45) is 5.73 Å². The molecule has 0 saturated carbocycles. The number of nitrogens with one attached hydrogen (secondary N) is 1. The van der Waals surface area contributed by atoms with Gasteiger partial charge in [0.2, 0.25) is 0 Å². The molecule has 0 atom stereocenters. The molecule has 3 rings (SSSR count). The molecule has 3 N–H and O–H groups in total. The average Bonchev–Trinajstić information content (AvgIpc) is 2.82. The van der Waals surface area contributed by atoms with Gasteiger partial charge in [0.25, 0.3) is 0 Å². The largest absolute Gasteiger partial charge is 0.329 e. The van der Waals surface area contributed by atoms with Gasteiger partial charge in [-0.15, -0.1) is 0 Å². The zero-order valence-corrected chi connectivity index (χ0v) is 18.5. The van der Waals surface area contributed by atoms with Gasteiger partial charge in [-0.2, -0.15) is 0 Å². The van der Waals surface area contributed by atoms with Gasteiger partial charge in [0.05, 0.1) is 0 Å². The Hall–Kier alpha value is -2.50. The molecule has 3 aromatic rings. The predicted molar refractivity (Wildman–Crippen MR) is 131 cm³/mol. The summed E-state index contributed by atoms with van der Waals surface area (Å²) < 4.78 is 0. The minimum atomic E-state index is 0.691. The molecule has 0 bridgehead atoms. The molecule has 0 aliphatic heterocycles. The van der Waals surface area contributed by atoms with Crippen molar-refractivity contribution in [3.8, 4) is 0 Å². The summed E-state index contributed by atoms with van der Waals surface area (Å²) in [5, 5.41) is 3.56. The van der Waals surface area contributed by atoms with Gasteiger partial charge in [0.1, 0.15) is 0 Å². The zero-order chi connectivity index (χ0) is 21.6. The maximum absolute atomic E-state index is 5.90. The first-order chi connectivity index (χ1) is 15.3. The van der Waals surface area contributed by atoms with Crippen molar-refractivity contribution >= 4 is 0 Å². The van der Waals surface area contributed by atoms with Crippen molar-refractivity contribution in [2.75, 3.05) is 39.3 Å². The Bertz CT molecular complexity index is 782. The monoisotopic (exact) mass is 416 g/mol. The van der Waals surface area contributed by atoms with Crippen LogP contribution in [0.1, 0.15) is 16.7 Å². The van der Waals surface area contributed by atoms with E-state index in [4.69, 9.17) is 5.73 Å². The van der Waals surface area contributed by atoms with E-state index in [9.17, 15) is 0 Å². The second kappa shape index (κ2) is 13.7. The van der Waals surface area contributed by atoms with Crippen LogP contribution in [0.2, 0.25) is 0 Å². The summed E-state index contributed by atoms with van der Waals surface area (Å²) in [5.41, 5.74) is 9.94. The van der Waals surface area contributed by atoms with E-state index in [1.165, 1.54) is 16.7 Å². The highest BCUT2D eigenvalue weighted by atomic mass is 15.2. The highest BCUT2D eigenvalue weighted by Gasteiger charge is 2.11. The van der Waals surface area contributed by atoms with Crippen LogP contribution >= 0.6 is 0 Å². The molecule has 0 spiro atoms. The van der Waals surface area contributed by atoms with Gasteiger partial charge < -0.3 is 11.1 Å². The highest BCUT2D eigenvalue weighted by Crippen LogP contribution is 2.10. The van der Waals surface area contributed by atoms with Crippen LogP contribution in [-0.2, 0) is 19.6 Å². The first-order valence-electron chi connectivity index (χ1n) is 11.3. The predicted octanol–water partition coefficient (Wildman–Crippen LogP) is 3.74. The normalized spacial score (nSPS) is 11.3. The summed E-state index contributed by atoms with van der Waals surface area (Å²) in [6.07, 6.45) is 0. The van der Waals surface area contributed by atoms with E-state index in [1.54, 1.807) is 0 Å². The van der Waals surface area contributed by atoms with Crippen LogP contribution in [0.4, 0.5) is 0 Å². The lowest BCUT2D eigenvalue weighted by Gasteiger charge is -2.28.